The zero-order valence-electron chi connectivity index (χ0n) is 10.00. The molecule has 3 nitrogen and oxygen atoms in total. The first-order valence-electron chi connectivity index (χ1n) is 5.23. The zero-order chi connectivity index (χ0) is 12.2. The summed E-state index contributed by atoms with van der Waals surface area (Å²) in [5.74, 6) is -0.411. The molecule has 0 aliphatic heterocycles. The van der Waals surface area contributed by atoms with E-state index in [1.165, 1.54) is 12.1 Å². The van der Waals surface area contributed by atoms with Gasteiger partial charge in [0.25, 0.3) is 0 Å². The van der Waals surface area contributed by atoms with E-state index in [4.69, 9.17) is 5.73 Å². The SMILES string of the molecule is CC(C)(C(=O)NCCN)c1ccc(F)cc1.Cl. The lowest BCUT2D eigenvalue weighted by atomic mass is 9.84. The van der Waals surface area contributed by atoms with Gasteiger partial charge in [-0.1, -0.05) is 12.1 Å². The first-order chi connectivity index (χ1) is 7.48. The maximum atomic E-state index is 12.8. The molecular formula is C12H18ClFN2O. The molecule has 0 aliphatic rings. The lowest BCUT2D eigenvalue weighted by Gasteiger charge is -2.24. The standard InChI is InChI=1S/C12H17FN2O.ClH/c1-12(2,11(16)15-8-7-14)9-3-5-10(13)6-4-9;/h3-6H,7-8,14H2,1-2H3,(H,15,16);1H. The summed E-state index contributed by atoms with van der Waals surface area (Å²) in [5, 5.41) is 2.73. The average molecular weight is 261 g/mol. The highest BCUT2D eigenvalue weighted by atomic mass is 35.5. The van der Waals surface area contributed by atoms with Gasteiger partial charge in [0.2, 0.25) is 5.91 Å². The summed E-state index contributed by atoms with van der Waals surface area (Å²) in [5.41, 5.74) is 5.42. The molecule has 3 N–H and O–H groups in total. The molecule has 1 rings (SSSR count). The van der Waals surface area contributed by atoms with Crippen molar-refractivity contribution >= 4 is 18.3 Å². The fourth-order valence-corrected chi connectivity index (χ4v) is 1.40. The largest absolute Gasteiger partial charge is 0.354 e. The molecule has 1 amide bonds. The van der Waals surface area contributed by atoms with E-state index in [2.05, 4.69) is 5.32 Å². The van der Waals surface area contributed by atoms with Crippen LogP contribution in [0.5, 0.6) is 0 Å². The van der Waals surface area contributed by atoms with Gasteiger partial charge in [-0.25, -0.2) is 4.39 Å². The molecule has 0 aliphatic carbocycles. The number of carbonyl (C=O) groups excluding carboxylic acids is 1. The Hall–Kier alpha value is -1.13. The highest BCUT2D eigenvalue weighted by molar-refractivity contribution is 5.87. The van der Waals surface area contributed by atoms with Crippen molar-refractivity contribution in [2.75, 3.05) is 13.1 Å². The molecule has 5 heteroatoms. The van der Waals surface area contributed by atoms with Crippen LogP contribution in [0, 0.1) is 5.82 Å². The van der Waals surface area contributed by atoms with Crippen molar-refractivity contribution in [3.05, 3.63) is 35.6 Å². The van der Waals surface area contributed by atoms with E-state index in [-0.39, 0.29) is 24.1 Å². The predicted octanol–water partition coefficient (Wildman–Crippen LogP) is 1.60. The number of nitrogens with two attached hydrogens (primary N) is 1. The summed E-state index contributed by atoms with van der Waals surface area (Å²) in [6.07, 6.45) is 0. The fourth-order valence-electron chi connectivity index (χ4n) is 1.40. The Morgan fingerprint density at radius 1 is 1.35 bits per heavy atom. The van der Waals surface area contributed by atoms with Gasteiger partial charge in [0.05, 0.1) is 5.41 Å². The van der Waals surface area contributed by atoms with Crippen LogP contribution in [0.25, 0.3) is 0 Å². The summed E-state index contributed by atoms with van der Waals surface area (Å²) in [7, 11) is 0. The second-order valence-electron chi connectivity index (χ2n) is 4.18. The number of amides is 1. The normalized spacial score (nSPS) is 10.6. The fraction of sp³-hybridized carbons (Fsp3) is 0.417. The first kappa shape index (κ1) is 15.9. The molecule has 0 unspecified atom stereocenters. The van der Waals surface area contributed by atoms with Gasteiger partial charge in [0.1, 0.15) is 5.82 Å². The van der Waals surface area contributed by atoms with Crippen LogP contribution in [0.1, 0.15) is 19.4 Å². The molecule has 0 fully saturated rings. The van der Waals surface area contributed by atoms with Gasteiger partial charge in [-0.3, -0.25) is 4.79 Å². The Labute approximate surface area is 107 Å². The summed E-state index contributed by atoms with van der Waals surface area (Å²) in [4.78, 5) is 11.8. The summed E-state index contributed by atoms with van der Waals surface area (Å²) < 4.78 is 12.8. The van der Waals surface area contributed by atoms with Crippen molar-refractivity contribution in [3.8, 4) is 0 Å². The Balaban J connectivity index is 0.00000256. The Morgan fingerprint density at radius 2 is 1.88 bits per heavy atom. The van der Waals surface area contributed by atoms with E-state index in [9.17, 15) is 9.18 Å². The number of hydrogen-bond donors (Lipinski definition) is 2. The number of carbonyl (C=O) groups is 1. The number of rotatable bonds is 4. The van der Waals surface area contributed by atoms with E-state index in [1.807, 2.05) is 0 Å². The molecule has 1 aromatic carbocycles. The number of nitrogens with one attached hydrogen (secondary N) is 1. The van der Waals surface area contributed by atoms with Crippen LogP contribution in [-0.2, 0) is 10.2 Å². The van der Waals surface area contributed by atoms with Crippen LogP contribution in [-0.4, -0.2) is 19.0 Å². The highest BCUT2D eigenvalue weighted by Crippen LogP contribution is 2.23. The zero-order valence-corrected chi connectivity index (χ0v) is 10.8. The van der Waals surface area contributed by atoms with Gasteiger partial charge in [-0.15, -0.1) is 12.4 Å². The Kier molecular flexibility index (Phi) is 6.13. The number of hydrogen-bond acceptors (Lipinski definition) is 2. The van der Waals surface area contributed by atoms with Crippen molar-refractivity contribution < 1.29 is 9.18 Å². The lowest BCUT2D eigenvalue weighted by molar-refractivity contribution is -0.125. The Morgan fingerprint density at radius 3 is 2.35 bits per heavy atom. The molecule has 17 heavy (non-hydrogen) atoms. The first-order valence-corrected chi connectivity index (χ1v) is 5.23. The minimum Gasteiger partial charge on any atom is -0.354 e. The quantitative estimate of drug-likeness (QED) is 0.864. The van der Waals surface area contributed by atoms with Crippen molar-refractivity contribution in [3.63, 3.8) is 0 Å². The highest BCUT2D eigenvalue weighted by Gasteiger charge is 2.29. The number of halogens is 2. The van der Waals surface area contributed by atoms with Gasteiger partial charge >= 0.3 is 0 Å². The third-order valence-electron chi connectivity index (χ3n) is 2.56. The summed E-state index contributed by atoms with van der Waals surface area (Å²) in [6.45, 7) is 4.45. The molecule has 0 heterocycles. The van der Waals surface area contributed by atoms with Gasteiger partial charge in [-0.2, -0.15) is 0 Å². The van der Waals surface area contributed by atoms with Crippen molar-refractivity contribution in [2.24, 2.45) is 5.73 Å². The molecule has 1 aromatic rings. The molecule has 0 spiro atoms. The third-order valence-corrected chi connectivity index (χ3v) is 2.56. The van der Waals surface area contributed by atoms with E-state index < -0.39 is 5.41 Å². The maximum absolute atomic E-state index is 12.8. The molecule has 0 atom stereocenters. The van der Waals surface area contributed by atoms with E-state index in [0.29, 0.717) is 13.1 Å². The third kappa shape index (κ3) is 3.98. The molecular weight excluding hydrogens is 243 g/mol. The molecule has 0 saturated carbocycles. The summed E-state index contributed by atoms with van der Waals surface area (Å²) >= 11 is 0. The van der Waals surface area contributed by atoms with Crippen LogP contribution < -0.4 is 11.1 Å². The summed E-state index contributed by atoms with van der Waals surface area (Å²) in [6, 6.07) is 5.95. The van der Waals surface area contributed by atoms with Crippen molar-refractivity contribution in [1.82, 2.24) is 5.32 Å². The Bertz CT molecular complexity index is 365. The second-order valence-corrected chi connectivity index (χ2v) is 4.18. The van der Waals surface area contributed by atoms with Crippen LogP contribution in [0.15, 0.2) is 24.3 Å². The van der Waals surface area contributed by atoms with Gasteiger partial charge < -0.3 is 11.1 Å². The maximum Gasteiger partial charge on any atom is 0.230 e. The minimum atomic E-state index is -0.678. The average Bonchev–Trinajstić information content (AvgIpc) is 2.26. The van der Waals surface area contributed by atoms with E-state index >= 15 is 0 Å². The van der Waals surface area contributed by atoms with Crippen LogP contribution in [0.2, 0.25) is 0 Å². The van der Waals surface area contributed by atoms with E-state index in [0.717, 1.165) is 5.56 Å². The molecule has 96 valence electrons. The predicted molar refractivity (Wildman–Crippen MR) is 68.7 cm³/mol. The van der Waals surface area contributed by atoms with Gasteiger partial charge in [-0.05, 0) is 31.5 Å². The van der Waals surface area contributed by atoms with Gasteiger partial charge in [0, 0.05) is 13.1 Å². The molecule has 0 radical (unpaired) electrons. The second kappa shape index (κ2) is 6.57. The molecule has 0 bridgehead atoms. The van der Waals surface area contributed by atoms with Crippen molar-refractivity contribution in [1.29, 1.82) is 0 Å². The molecule has 0 aromatic heterocycles. The van der Waals surface area contributed by atoms with E-state index in [1.54, 1.807) is 26.0 Å². The minimum absolute atomic E-state index is 0. The topological polar surface area (TPSA) is 55.1 Å². The van der Waals surface area contributed by atoms with Crippen LogP contribution in [0.3, 0.4) is 0 Å². The lowest BCUT2D eigenvalue weighted by Crippen LogP contribution is -2.42. The van der Waals surface area contributed by atoms with Crippen molar-refractivity contribution in [2.45, 2.75) is 19.3 Å². The molecule has 0 saturated heterocycles. The smallest absolute Gasteiger partial charge is 0.230 e. The van der Waals surface area contributed by atoms with Crippen LogP contribution >= 0.6 is 12.4 Å². The monoisotopic (exact) mass is 260 g/mol. The number of benzene rings is 1. The van der Waals surface area contributed by atoms with Gasteiger partial charge in [0.15, 0.2) is 0 Å². The van der Waals surface area contributed by atoms with Crippen LogP contribution in [0.4, 0.5) is 4.39 Å².